The van der Waals surface area contributed by atoms with E-state index in [-0.39, 0.29) is 29.2 Å². The van der Waals surface area contributed by atoms with Gasteiger partial charge >= 0.3 is 0 Å². The van der Waals surface area contributed by atoms with Crippen LogP contribution >= 0.6 is 11.3 Å². The van der Waals surface area contributed by atoms with Crippen molar-refractivity contribution in [1.82, 2.24) is 9.88 Å². The van der Waals surface area contributed by atoms with E-state index in [0.717, 1.165) is 19.2 Å². The molecule has 1 aliphatic rings. The standard InChI is InChI=1S/C24H26F2N2O3S2/c1-16-22(12-21(25)24(23(16)26)33(29,30)14-19-13-32-15-27-19)31-20-8-10-28(11-9-20)17(2)18-6-4-3-5-7-18/h3-7,12-13,15,17,20H,8-11,14H2,1-2H3/t17-/m1/s1. The summed E-state index contributed by atoms with van der Waals surface area (Å²) in [4.78, 5) is 5.34. The lowest BCUT2D eigenvalue weighted by Crippen LogP contribution is -2.39. The second-order valence-corrected chi connectivity index (χ2v) is 10.9. The van der Waals surface area contributed by atoms with E-state index < -0.39 is 32.1 Å². The van der Waals surface area contributed by atoms with Gasteiger partial charge in [-0.05, 0) is 32.3 Å². The Kier molecular flexibility index (Phi) is 7.11. The summed E-state index contributed by atoms with van der Waals surface area (Å²) >= 11 is 1.22. The fraction of sp³-hybridized carbons (Fsp3) is 0.375. The summed E-state index contributed by atoms with van der Waals surface area (Å²) in [6.07, 6.45) is 1.23. The van der Waals surface area contributed by atoms with E-state index in [9.17, 15) is 12.8 Å². The zero-order valence-corrected chi connectivity index (χ0v) is 20.1. The van der Waals surface area contributed by atoms with Crippen molar-refractivity contribution in [3.8, 4) is 5.75 Å². The third-order valence-electron chi connectivity index (χ3n) is 6.11. The molecular formula is C24H26F2N2O3S2. The number of hydrogen-bond donors (Lipinski definition) is 0. The van der Waals surface area contributed by atoms with E-state index in [1.807, 2.05) is 18.2 Å². The normalized spacial score (nSPS) is 16.6. The van der Waals surface area contributed by atoms with Crippen molar-refractivity contribution < 1.29 is 21.9 Å². The Balaban J connectivity index is 1.45. The fourth-order valence-electron chi connectivity index (χ4n) is 4.16. The minimum absolute atomic E-state index is 0.00617. The summed E-state index contributed by atoms with van der Waals surface area (Å²) < 4.78 is 61.1. The molecule has 0 aliphatic carbocycles. The molecule has 1 fully saturated rings. The highest BCUT2D eigenvalue weighted by Gasteiger charge is 2.30. The highest BCUT2D eigenvalue weighted by atomic mass is 32.2. The average Bonchev–Trinajstić information content (AvgIpc) is 3.30. The second kappa shape index (κ2) is 9.87. The lowest BCUT2D eigenvalue weighted by molar-refractivity contribution is 0.0787. The van der Waals surface area contributed by atoms with Gasteiger partial charge in [0.05, 0.1) is 17.0 Å². The Bertz CT molecular complexity index is 1190. The molecule has 3 aromatic rings. The van der Waals surface area contributed by atoms with Crippen LogP contribution in [0.3, 0.4) is 0 Å². The van der Waals surface area contributed by atoms with Crippen molar-refractivity contribution in [1.29, 1.82) is 0 Å². The first-order chi connectivity index (χ1) is 15.8. The quantitative estimate of drug-likeness (QED) is 0.448. The molecule has 9 heteroatoms. The maximum absolute atomic E-state index is 15.0. The minimum Gasteiger partial charge on any atom is -0.490 e. The molecule has 176 valence electrons. The van der Waals surface area contributed by atoms with Crippen LogP contribution in [0.2, 0.25) is 0 Å². The number of ether oxygens (including phenoxy) is 1. The number of thiazole rings is 1. The molecule has 0 N–H and O–H groups in total. The molecule has 0 radical (unpaired) electrons. The van der Waals surface area contributed by atoms with Crippen molar-refractivity contribution >= 4 is 21.2 Å². The van der Waals surface area contributed by atoms with Gasteiger partial charge in [-0.3, -0.25) is 4.90 Å². The smallest absolute Gasteiger partial charge is 0.189 e. The lowest BCUT2D eigenvalue weighted by Gasteiger charge is -2.36. The predicted octanol–water partition coefficient (Wildman–Crippen LogP) is 5.31. The van der Waals surface area contributed by atoms with Gasteiger partial charge in [-0.25, -0.2) is 22.2 Å². The highest BCUT2D eigenvalue weighted by Crippen LogP contribution is 2.33. The van der Waals surface area contributed by atoms with Crippen LogP contribution in [0, 0.1) is 18.6 Å². The van der Waals surface area contributed by atoms with Crippen LogP contribution in [-0.4, -0.2) is 37.5 Å². The third kappa shape index (κ3) is 5.26. The molecule has 0 bridgehead atoms. The Morgan fingerprint density at radius 3 is 2.55 bits per heavy atom. The SMILES string of the molecule is Cc1c(OC2CCN([C@H](C)c3ccccc3)CC2)cc(F)c(S(=O)(=O)Cc2cscn2)c1F. The number of rotatable bonds is 7. The number of hydrogen-bond acceptors (Lipinski definition) is 6. The Hall–Kier alpha value is -2.36. The summed E-state index contributed by atoms with van der Waals surface area (Å²) in [5, 5.41) is 1.54. The van der Waals surface area contributed by atoms with Crippen LogP contribution in [0.25, 0.3) is 0 Å². The highest BCUT2D eigenvalue weighted by molar-refractivity contribution is 7.90. The van der Waals surface area contributed by atoms with Gasteiger partial charge in [-0.15, -0.1) is 11.3 Å². The molecule has 1 aliphatic heterocycles. The van der Waals surface area contributed by atoms with Gasteiger partial charge in [-0.2, -0.15) is 0 Å². The van der Waals surface area contributed by atoms with Crippen molar-refractivity contribution in [2.24, 2.45) is 0 Å². The van der Waals surface area contributed by atoms with Gasteiger partial charge in [0, 0.05) is 36.1 Å². The van der Waals surface area contributed by atoms with Crippen LogP contribution in [0.4, 0.5) is 8.78 Å². The number of nitrogens with zero attached hydrogens (tertiary/aromatic N) is 2. The van der Waals surface area contributed by atoms with Crippen LogP contribution < -0.4 is 4.74 Å². The monoisotopic (exact) mass is 492 g/mol. The van der Waals surface area contributed by atoms with E-state index in [0.29, 0.717) is 12.8 Å². The predicted molar refractivity (Wildman–Crippen MR) is 124 cm³/mol. The van der Waals surface area contributed by atoms with Gasteiger partial charge in [0.2, 0.25) is 0 Å². The molecule has 4 rings (SSSR count). The van der Waals surface area contributed by atoms with Gasteiger partial charge < -0.3 is 4.74 Å². The lowest BCUT2D eigenvalue weighted by atomic mass is 10.0. The van der Waals surface area contributed by atoms with E-state index in [2.05, 4.69) is 28.9 Å². The van der Waals surface area contributed by atoms with Gasteiger partial charge in [0.25, 0.3) is 0 Å². The molecule has 5 nitrogen and oxygen atoms in total. The molecule has 2 aromatic carbocycles. The zero-order valence-electron chi connectivity index (χ0n) is 18.5. The summed E-state index contributed by atoms with van der Waals surface area (Å²) in [5.41, 5.74) is 2.97. The Morgan fingerprint density at radius 1 is 1.21 bits per heavy atom. The number of piperidine rings is 1. The number of likely N-dealkylation sites (tertiary alicyclic amines) is 1. The summed E-state index contributed by atoms with van der Waals surface area (Å²) in [6.45, 7) is 5.17. The first-order valence-corrected chi connectivity index (χ1v) is 13.4. The number of aromatic nitrogens is 1. The van der Waals surface area contributed by atoms with Crippen LogP contribution in [0.1, 0.15) is 42.6 Å². The van der Waals surface area contributed by atoms with Crippen molar-refractivity contribution in [3.05, 3.63) is 75.7 Å². The summed E-state index contributed by atoms with van der Waals surface area (Å²) in [5.74, 6) is -2.75. The van der Waals surface area contributed by atoms with E-state index in [1.165, 1.54) is 29.3 Å². The fourth-order valence-corrected chi connectivity index (χ4v) is 6.30. The minimum atomic E-state index is -4.23. The number of benzene rings is 2. The largest absolute Gasteiger partial charge is 0.490 e. The van der Waals surface area contributed by atoms with E-state index in [4.69, 9.17) is 4.74 Å². The van der Waals surface area contributed by atoms with Crippen LogP contribution in [-0.2, 0) is 15.6 Å². The zero-order chi connectivity index (χ0) is 23.6. The molecule has 0 spiro atoms. The van der Waals surface area contributed by atoms with Gasteiger partial charge in [0.1, 0.15) is 22.6 Å². The molecule has 1 aromatic heterocycles. The molecule has 0 amide bonds. The molecule has 2 heterocycles. The van der Waals surface area contributed by atoms with Crippen LogP contribution in [0.5, 0.6) is 5.75 Å². The molecule has 33 heavy (non-hydrogen) atoms. The van der Waals surface area contributed by atoms with Crippen molar-refractivity contribution in [2.75, 3.05) is 13.1 Å². The first kappa shape index (κ1) is 23.8. The average molecular weight is 493 g/mol. The summed E-state index contributed by atoms with van der Waals surface area (Å²) in [6, 6.07) is 11.5. The van der Waals surface area contributed by atoms with Gasteiger partial charge in [-0.1, -0.05) is 30.3 Å². The maximum Gasteiger partial charge on any atom is 0.189 e. The van der Waals surface area contributed by atoms with E-state index in [1.54, 1.807) is 5.38 Å². The summed E-state index contributed by atoms with van der Waals surface area (Å²) in [7, 11) is -4.23. The Labute approximate surface area is 197 Å². The maximum atomic E-state index is 15.0. The third-order valence-corrected chi connectivity index (χ3v) is 8.41. The Morgan fingerprint density at radius 2 is 1.91 bits per heavy atom. The first-order valence-electron chi connectivity index (χ1n) is 10.8. The molecule has 0 unspecified atom stereocenters. The van der Waals surface area contributed by atoms with Gasteiger partial charge in [0.15, 0.2) is 15.7 Å². The van der Waals surface area contributed by atoms with Crippen molar-refractivity contribution in [2.45, 2.75) is 49.5 Å². The molecular weight excluding hydrogens is 466 g/mol. The molecule has 1 atom stereocenters. The second-order valence-electron chi connectivity index (χ2n) is 8.30. The van der Waals surface area contributed by atoms with E-state index >= 15 is 4.39 Å². The van der Waals surface area contributed by atoms with Crippen molar-refractivity contribution in [3.63, 3.8) is 0 Å². The molecule has 1 saturated heterocycles. The number of sulfone groups is 1. The van der Waals surface area contributed by atoms with Crippen LogP contribution in [0.15, 0.2) is 52.2 Å². The number of halogens is 2. The molecule has 0 saturated carbocycles. The topological polar surface area (TPSA) is 59.5 Å².